The first-order valence-corrected chi connectivity index (χ1v) is 7.91. The SMILES string of the molecule is NC1c2ccccc2OCC1S(=O)(=O)c1ccccc1. The molecule has 3 rings (SSSR count). The summed E-state index contributed by atoms with van der Waals surface area (Å²) in [7, 11) is -3.50. The lowest BCUT2D eigenvalue weighted by Gasteiger charge is -2.30. The number of hydrogen-bond donors (Lipinski definition) is 1. The molecular weight excluding hydrogens is 274 g/mol. The molecule has 104 valence electrons. The molecule has 2 aromatic carbocycles. The quantitative estimate of drug-likeness (QED) is 0.917. The highest BCUT2D eigenvalue weighted by atomic mass is 32.2. The number of para-hydroxylation sites is 1. The van der Waals surface area contributed by atoms with E-state index < -0.39 is 21.1 Å². The molecule has 0 saturated carbocycles. The van der Waals surface area contributed by atoms with Gasteiger partial charge in [0.05, 0.1) is 10.9 Å². The fourth-order valence-corrected chi connectivity index (χ4v) is 4.10. The monoisotopic (exact) mass is 289 g/mol. The summed E-state index contributed by atoms with van der Waals surface area (Å²) in [6.07, 6.45) is 0. The predicted molar refractivity (Wildman–Crippen MR) is 76.3 cm³/mol. The second-order valence-corrected chi connectivity index (χ2v) is 6.94. The Morgan fingerprint density at radius 1 is 1.00 bits per heavy atom. The van der Waals surface area contributed by atoms with Crippen molar-refractivity contribution in [2.24, 2.45) is 5.73 Å². The summed E-state index contributed by atoms with van der Waals surface area (Å²) in [5, 5.41) is -0.764. The first-order valence-electron chi connectivity index (χ1n) is 6.37. The number of fused-ring (bicyclic) bond motifs is 1. The molecule has 0 spiro atoms. The van der Waals surface area contributed by atoms with Gasteiger partial charge in [-0.05, 0) is 18.2 Å². The van der Waals surface area contributed by atoms with E-state index >= 15 is 0 Å². The molecule has 0 aromatic heterocycles. The van der Waals surface area contributed by atoms with Crippen molar-refractivity contribution in [3.63, 3.8) is 0 Å². The van der Waals surface area contributed by atoms with Crippen LogP contribution in [-0.2, 0) is 9.84 Å². The van der Waals surface area contributed by atoms with E-state index in [0.717, 1.165) is 5.56 Å². The van der Waals surface area contributed by atoms with Gasteiger partial charge in [-0.25, -0.2) is 8.42 Å². The van der Waals surface area contributed by atoms with E-state index in [2.05, 4.69) is 0 Å². The zero-order chi connectivity index (χ0) is 14.2. The first kappa shape index (κ1) is 13.1. The molecule has 2 atom stereocenters. The number of rotatable bonds is 2. The van der Waals surface area contributed by atoms with Crippen molar-refractivity contribution in [1.82, 2.24) is 0 Å². The van der Waals surface area contributed by atoms with Crippen LogP contribution in [0.15, 0.2) is 59.5 Å². The second-order valence-electron chi connectivity index (χ2n) is 4.77. The molecule has 1 heterocycles. The highest BCUT2D eigenvalue weighted by molar-refractivity contribution is 7.92. The minimum Gasteiger partial charge on any atom is -0.492 e. The lowest BCUT2D eigenvalue weighted by Crippen LogP contribution is -2.41. The van der Waals surface area contributed by atoms with Crippen molar-refractivity contribution in [3.8, 4) is 5.75 Å². The number of nitrogens with two attached hydrogens (primary N) is 1. The van der Waals surface area contributed by atoms with Crippen LogP contribution in [-0.4, -0.2) is 20.3 Å². The molecule has 0 saturated heterocycles. The van der Waals surface area contributed by atoms with Crippen molar-refractivity contribution >= 4 is 9.84 Å². The molecule has 0 amide bonds. The molecule has 0 radical (unpaired) electrons. The molecule has 5 heteroatoms. The molecule has 2 N–H and O–H groups in total. The zero-order valence-electron chi connectivity index (χ0n) is 10.8. The van der Waals surface area contributed by atoms with Crippen LogP contribution in [0.2, 0.25) is 0 Å². The van der Waals surface area contributed by atoms with Crippen LogP contribution in [0.25, 0.3) is 0 Å². The largest absolute Gasteiger partial charge is 0.492 e. The molecule has 4 nitrogen and oxygen atoms in total. The lowest BCUT2D eigenvalue weighted by atomic mass is 10.0. The molecule has 1 aliphatic rings. The minimum absolute atomic E-state index is 0.0788. The van der Waals surface area contributed by atoms with Crippen molar-refractivity contribution < 1.29 is 13.2 Å². The molecule has 2 unspecified atom stereocenters. The predicted octanol–water partition coefficient (Wildman–Crippen LogP) is 1.92. The molecule has 1 aliphatic heterocycles. The van der Waals surface area contributed by atoms with Crippen LogP contribution in [0.4, 0.5) is 0 Å². The van der Waals surface area contributed by atoms with Crippen molar-refractivity contribution in [2.75, 3.05) is 6.61 Å². The zero-order valence-corrected chi connectivity index (χ0v) is 11.6. The van der Waals surface area contributed by atoms with E-state index in [0.29, 0.717) is 5.75 Å². The molecule has 2 aromatic rings. The maximum Gasteiger partial charge on any atom is 0.186 e. The summed E-state index contributed by atoms with van der Waals surface area (Å²) in [6, 6.07) is 15.1. The Hall–Kier alpha value is -1.85. The van der Waals surface area contributed by atoms with E-state index in [4.69, 9.17) is 10.5 Å². The normalized spacial score (nSPS) is 21.9. The Bertz CT molecular complexity index is 713. The van der Waals surface area contributed by atoms with Crippen LogP contribution in [0.5, 0.6) is 5.75 Å². The summed E-state index contributed by atoms with van der Waals surface area (Å²) in [5.41, 5.74) is 6.89. The van der Waals surface area contributed by atoms with Gasteiger partial charge >= 0.3 is 0 Å². The summed E-state index contributed by atoms with van der Waals surface area (Å²) in [5.74, 6) is 0.666. The standard InChI is InChI=1S/C15H15NO3S/c16-15-12-8-4-5-9-13(12)19-10-14(15)20(17,18)11-6-2-1-3-7-11/h1-9,14-15H,10,16H2. The van der Waals surface area contributed by atoms with Gasteiger partial charge in [0.25, 0.3) is 0 Å². The molecule has 0 bridgehead atoms. The highest BCUT2D eigenvalue weighted by Gasteiger charge is 2.38. The van der Waals surface area contributed by atoms with Crippen molar-refractivity contribution in [2.45, 2.75) is 16.2 Å². The van der Waals surface area contributed by atoms with E-state index in [9.17, 15) is 8.42 Å². The van der Waals surface area contributed by atoms with Gasteiger partial charge in [0.15, 0.2) is 9.84 Å². The van der Waals surface area contributed by atoms with Crippen LogP contribution in [0.1, 0.15) is 11.6 Å². The van der Waals surface area contributed by atoms with Crippen LogP contribution < -0.4 is 10.5 Å². The van der Waals surface area contributed by atoms with Gasteiger partial charge in [-0.15, -0.1) is 0 Å². The molecule has 0 fully saturated rings. The van der Waals surface area contributed by atoms with Gasteiger partial charge in [-0.3, -0.25) is 0 Å². The first-order chi connectivity index (χ1) is 9.60. The number of benzene rings is 2. The van der Waals surface area contributed by atoms with E-state index in [1.54, 1.807) is 36.4 Å². The van der Waals surface area contributed by atoms with E-state index in [-0.39, 0.29) is 11.5 Å². The summed E-state index contributed by atoms with van der Waals surface area (Å²) >= 11 is 0. The Balaban J connectivity index is 2.01. The van der Waals surface area contributed by atoms with Crippen molar-refractivity contribution in [3.05, 3.63) is 60.2 Å². The number of ether oxygens (including phenoxy) is 1. The van der Waals surface area contributed by atoms with Gasteiger partial charge in [-0.1, -0.05) is 36.4 Å². The van der Waals surface area contributed by atoms with E-state index in [1.807, 2.05) is 18.2 Å². The van der Waals surface area contributed by atoms with Crippen LogP contribution in [0, 0.1) is 0 Å². The Morgan fingerprint density at radius 3 is 2.40 bits per heavy atom. The maximum absolute atomic E-state index is 12.6. The van der Waals surface area contributed by atoms with E-state index in [1.165, 1.54) is 0 Å². The van der Waals surface area contributed by atoms with Crippen LogP contribution in [0.3, 0.4) is 0 Å². The topological polar surface area (TPSA) is 69.4 Å². The van der Waals surface area contributed by atoms with Crippen LogP contribution >= 0.6 is 0 Å². The fourth-order valence-electron chi connectivity index (χ4n) is 2.43. The third-order valence-corrected chi connectivity index (χ3v) is 5.71. The maximum atomic E-state index is 12.6. The second kappa shape index (κ2) is 4.92. The minimum atomic E-state index is -3.50. The lowest BCUT2D eigenvalue weighted by molar-refractivity contribution is 0.270. The number of sulfone groups is 1. The summed E-state index contributed by atoms with van der Waals surface area (Å²) < 4.78 is 30.9. The van der Waals surface area contributed by atoms with Gasteiger partial charge in [0, 0.05) is 5.56 Å². The highest BCUT2D eigenvalue weighted by Crippen LogP contribution is 2.35. The van der Waals surface area contributed by atoms with Gasteiger partial charge < -0.3 is 10.5 Å². The van der Waals surface area contributed by atoms with Crippen molar-refractivity contribution in [1.29, 1.82) is 0 Å². The van der Waals surface area contributed by atoms with Gasteiger partial charge in [0.1, 0.15) is 17.6 Å². The van der Waals surface area contributed by atoms with Gasteiger partial charge in [0.2, 0.25) is 0 Å². The third kappa shape index (κ3) is 2.09. The fraction of sp³-hybridized carbons (Fsp3) is 0.200. The summed E-state index contributed by atoms with van der Waals surface area (Å²) in [4.78, 5) is 0.281. The smallest absolute Gasteiger partial charge is 0.186 e. The average molecular weight is 289 g/mol. The Kier molecular flexibility index (Phi) is 3.23. The summed E-state index contributed by atoms with van der Waals surface area (Å²) in [6.45, 7) is 0.0788. The number of hydrogen-bond acceptors (Lipinski definition) is 4. The third-order valence-electron chi connectivity index (χ3n) is 3.55. The molecule has 20 heavy (non-hydrogen) atoms. The average Bonchev–Trinajstić information content (AvgIpc) is 2.48. The Labute approximate surface area is 118 Å². The molecular formula is C15H15NO3S. The molecule has 0 aliphatic carbocycles. The Morgan fingerprint density at radius 2 is 1.65 bits per heavy atom. The van der Waals surface area contributed by atoms with Gasteiger partial charge in [-0.2, -0.15) is 0 Å².